The predicted molar refractivity (Wildman–Crippen MR) is 98.6 cm³/mol. The number of thioether (sulfide) groups is 1. The third-order valence-electron chi connectivity index (χ3n) is 3.91. The van der Waals surface area contributed by atoms with Gasteiger partial charge in [-0.05, 0) is 31.5 Å². The van der Waals surface area contributed by atoms with Gasteiger partial charge in [0, 0.05) is 17.0 Å². The lowest BCUT2D eigenvalue weighted by Crippen LogP contribution is -2.35. The molecule has 5 heteroatoms. The molecular weight excluding hydrogens is 320 g/mol. The van der Waals surface area contributed by atoms with Crippen LogP contribution in [-0.2, 0) is 16.2 Å². The standard InChI is InChI=1S/C19H20N2O2S/c1-3-21-17-11-16(9-10-18(17)24-13-19(21)22)14(2)20-23-12-15-7-5-4-6-8-15/h4-11H,3,12-13H2,1-2H3/b20-14-. The largest absolute Gasteiger partial charge is 0.391 e. The highest BCUT2D eigenvalue weighted by molar-refractivity contribution is 8.00. The summed E-state index contributed by atoms with van der Waals surface area (Å²) in [6.45, 7) is 5.03. The van der Waals surface area contributed by atoms with E-state index in [0.29, 0.717) is 18.9 Å². The molecule has 124 valence electrons. The van der Waals surface area contributed by atoms with Gasteiger partial charge in [0.05, 0.1) is 17.2 Å². The van der Waals surface area contributed by atoms with Crippen LogP contribution >= 0.6 is 11.8 Å². The summed E-state index contributed by atoms with van der Waals surface area (Å²) < 4.78 is 0. The van der Waals surface area contributed by atoms with E-state index in [1.165, 1.54) is 0 Å². The first-order chi connectivity index (χ1) is 11.7. The van der Waals surface area contributed by atoms with Crippen molar-refractivity contribution in [2.45, 2.75) is 25.3 Å². The van der Waals surface area contributed by atoms with Crippen molar-refractivity contribution < 1.29 is 9.63 Å². The van der Waals surface area contributed by atoms with Gasteiger partial charge in [-0.15, -0.1) is 11.8 Å². The Morgan fingerprint density at radius 3 is 2.79 bits per heavy atom. The van der Waals surface area contributed by atoms with Crippen LogP contribution in [0.3, 0.4) is 0 Å². The minimum Gasteiger partial charge on any atom is -0.391 e. The molecule has 3 rings (SSSR count). The van der Waals surface area contributed by atoms with Gasteiger partial charge < -0.3 is 9.74 Å². The average Bonchev–Trinajstić information content (AvgIpc) is 2.62. The fraction of sp³-hybridized carbons (Fsp3) is 0.263. The molecule has 0 radical (unpaired) electrons. The number of fused-ring (bicyclic) bond motifs is 1. The van der Waals surface area contributed by atoms with Crippen molar-refractivity contribution in [3.8, 4) is 0 Å². The number of carbonyl (C=O) groups excluding carboxylic acids is 1. The quantitative estimate of drug-likeness (QED) is 0.608. The number of hydrogen-bond acceptors (Lipinski definition) is 4. The van der Waals surface area contributed by atoms with Gasteiger partial charge in [-0.1, -0.05) is 41.6 Å². The molecule has 0 saturated carbocycles. The fourth-order valence-corrected chi connectivity index (χ4v) is 3.52. The van der Waals surface area contributed by atoms with Gasteiger partial charge in [-0.3, -0.25) is 4.79 Å². The lowest BCUT2D eigenvalue weighted by Gasteiger charge is -2.28. The maximum atomic E-state index is 12.0. The van der Waals surface area contributed by atoms with Gasteiger partial charge in [0.2, 0.25) is 5.91 Å². The summed E-state index contributed by atoms with van der Waals surface area (Å²) in [4.78, 5) is 20.5. The first-order valence-electron chi connectivity index (χ1n) is 7.97. The molecule has 0 bridgehead atoms. The molecule has 1 aliphatic heterocycles. The van der Waals surface area contributed by atoms with Gasteiger partial charge in [0.15, 0.2) is 0 Å². The Hall–Kier alpha value is -2.27. The Labute approximate surface area is 146 Å². The van der Waals surface area contributed by atoms with Crippen LogP contribution < -0.4 is 4.90 Å². The van der Waals surface area contributed by atoms with E-state index >= 15 is 0 Å². The lowest BCUT2D eigenvalue weighted by atomic mass is 10.1. The van der Waals surface area contributed by atoms with Crippen molar-refractivity contribution in [2.24, 2.45) is 5.16 Å². The Morgan fingerprint density at radius 1 is 1.25 bits per heavy atom. The van der Waals surface area contributed by atoms with E-state index in [-0.39, 0.29) is 5.91 Å². The minimum absolute atomic E-state index is 0.155. The molecule has 1 heterocycles. The Kier molecular flexibility index (Phi) is 5.20. The maximum Gasteiger partial charge on any atom is 0.237 e. The van der Waals surface area contributed by atoms with E-state index in [9.17, 15) is 4.79 Å². The second-order valence-corrected chi connectivity index (χ2v) is 6.56. The lowest BCUT2D eigenvalue weighted by molar-refractivity contribution is -0.116. The van der Waals surface area contributed by atoms with Crippen molar-refractivity contribution in [2.75, 3.05) is 17.2 Å². The summed E-state index contributed by atoms with van der Waals surface area (Å²) >= 11 is 1.59. The van der Waals surface area contributed by atoms with Crippen LogP contribution in [0.1, 0.15) is 25.0 Å². The molecule has 0 fully saturated rings. The van der Waals surface area contributed by atoms with Crippen LogP contribution in [0, 0.1) is 0 Å². The topological polar surface area (TPSA) is 41.9 Å². The molecule has 2 aromatic carbocycles. The molecule has 24 heavy (non-hydrogen) atoms. The van der Waals surface area contributed by atoms with Gasteiger partial charge in [-0.2, -0.15) is 0 Å². The second-order valence-electron chi connectivity index (χ2n) is 5.54. The van der Waals surface area contributed by atoms with Gasteiger partial charge in [0.1, 0.15) is 6.61 Å². The number of anilines is 1. The zero-order chi connectivity index (χ0) is 16.9. The van der Waals surface area contributed by atoms with Crippen LogP contribution in [-0.4, -0.2) is 23.9 Å². The number of carbonyl (C=O) groups is 1. The van der Waals surface area contributed by atoms with E-state index in [4.69, 9.17) is 4.84 Å². The number of rotatable bonds is 5. The smallest absolute Gasteiger partial charge is 0.237 e. The van der Waals surface area contributed by atoms with Gasteiger partial charge >= 0.3 is 0 Å². The van der Waals surface area contributed by atoms with E-state index in [1.807, 2.05) is 61.2 Å². The van der Waals surface area contributed by atoms with E-state index in [2.05, 4.69) is 11.2 Å². The summed E-state index contributed by atoms with van der Waals surface area (Å²) in [6, 6.07) is 16.1. The van der Waals surface area contributed by atoms with Crippen LogP contribution in [0.2, 0.25) is 0 Å². The summed E-state index contributed by atoms with van der Waals surface area (Å²) in [6.07, 6.45) is 0. The summed E-state index contributed by atoms with van der Waals surface area (Å²) in [7, 11) is 0. The zero-order valence-electron chi connectivity index (χ0n) is 13.9. The van der Waals surface area contributed by atoms with Crippen molar-refractivity contribution in [1.82, 2.24) is 0 Å². The van der Waals surface area contributed by atoms with Crippen LogP contribution in [0.25, 0.3) is 0 Å². The molecule has 0 spiro atoms. The fourth-order valence-electron chi connectivity index (χ4n) is 2.60. The van der Waals surface area contributed by atoms with Crippen LogP contribution in [0.15, 0.2) is 58.6 Å². The molecule has 0 aromatic heterocycles. The molecule has 1 aliphatic rings. The first-order valence-corrected chi connectivity index (χ1v) is 8.95. The number of benzene rings is 2. The van der Waals surface area contributed by atoms with E-state index in [0.717, 1.165) is 27.4 Å². The minimum atomic E-state index is 0.155. The number of oxime groups is 1. The summed E-state index contributed by atoms with van der Waals surface area (Å²) in [5, 5.41) is 4.21. The summed E-state index contributed by atoms with van der Waals surface area (Å²) in [5.74, 6) is 0.662. The van der Waals surface area contributed by atoms with Crippen molar-refractivity contribution in [3.63, 3.8) is 0 Å². The molecule has 4 nitrogen and oxygen atoms in total. The summed E-state index contributed by atoms with van der Waals surface area (Å²) in [5.41, 5.74) is 3.82. The van der Waals surface area contributed by atoms with Crippen molar-refractivity contribution in [3.05, 3.63) is 59.7 Å². The second kappa shape index (κ2) is 7.53. The molecular formula is C19H20N2O2S. The number of amides is 1. The van der Waals surface area contributed by atoms with Crippen LogP contribution in [0.4, 0.5) is 5.69 Å². The first kappa shape index (κ1) is 16.6. The van der Waals surface area contributed by atoms with Crippen molar-refractivity contribution in [1.29, 1.82) is 0 Å². The number of hydrogen-bond donors (Lipinski definition) is 0. The average molecular weight is 340 g/mol. The molecule has 0 N–H and O–H groups in total. The maximum absolute atomic E-state index is 12.0. The molecule has 0 aliphatic carbocycles. The zero-order valence-corrected chi connectivity index (χ0v) is 14.7. The predicted octanol–water partition coefficient (Wildman–Crippen LogP) is 4.09. The third kappa shape index (κ3) is 3.62. The van der Waals surface area contributed by atoms with E-state index in [1.54, 1.807) is 11.8 Å². The Morgan fingerprint density at radius 2 is 2.04 bits per heavy atom. The molecule has 1 amide bonds. The van der Waals surface area contributed by atoms with Crippen molar-refractivity contribution >= 4 is 29.1 Å². The Bertz CT molecular complexity index is 759. The van der Waals surface area contributed by atoms with Gasteiger partial charge in [0.25, 0.3) is 0 Å². The number of nitrogens with zero attached hydrogens (tertiary/aromatic N) is 2. The van der Waals surface area contributed by atoms with E-state index < -0.39 is 0 Å². The molecule has 0 saturated heterocycles. The highest BCUT2D eigenvalue weighted by Crippen LogP contribution is 2.35. The SMILES string of the molecule is CCN1C(=O)CSc2ccc(/C(C)=N\OCc3ccccc3)cc21. The monoisotopic (exact) mass is 340 g/mol. The highest BCUT2D eigenvalue weighted by atomic mass is 32.2. The molecule has 0 unspecified atom stereocenters. The molecule has 2 aromatic rings. The third-order valence-corrected chi connectivity index (χ3v) is 4.96. The van der Waals surface area contributed by atoms with Crippen LogP contribution in [0.5, 0.6) is 0 Å². The highest BCUT2D eigenvalue weighted by Gasteiger charge is 2.23. The normalized spacial score (nSPS) is 14.5. The Balaban J connectivity index is 1.75. The molecule has 0 atom stereocenters. The van der Waals surface area contributed by atoms with Gasteiger partial charge in [-0.25, -0.2) is 0 Å².